The maximum atomic E-state index is 12.9. The van der Waals surface area contributed by atoms with E-state index in [0.29, 0.717) is 17.7 Å². The number of hydrogen-bond donors (Lipinski definition) is 1. The van der Waals surface area contributed by atoms with Gasteiger partial charge < -0.3 is 15.1 Å². The largest absolute Gasteiger partial charge is 0.337 e. The molecule has 1 aromatic carbocycles. The van der Waals surface area contributed by atoms with Crippen LogP contribution in [0.1, 0.15) is 33.3 Å². The normalized spacial score (nSPS) is 24.0. The molecule has 0 aliphatic carbocycles. The van der Waals surface area contributed by atoms with Crippen LogP contribution < -0.4 is 5.32 Å². The number of carbonyl (C=O) groups is 2. The fraction of sp³-hybridized carbons (Fsp3) is 0.579. The minimum Gasteiger partial charge on any atom is -0.337 e. The average molecular weight is 428 g/mol. The number of nitrogens with one attached hydrogen (secondary N) is 1. The molecule has 8 heteroatoms. The average Bonchev–Trinajstić information content (AvgIpc) is 3.23. The third-order valence-electron chi connectivity index (χ3n) is 5.30. The monoisotopic (exact) mass is 427 g/mol. The highest BCUT2D eigenvalue weighted by atomic mass is 35.5. The quantitative estimate of drug-likeness (QED) is 0.803. The van der Waals surface area contributed by atoms with Crippen LogP contribution >= 0.6 is 35.9 Å². The standard InChI is InChI=1S/C19H25N3O2S2.ClH/c23-17-12-20-7-9-22(17)16-2-1-8-21(13-16)18(24)14-3-5-15(6-4-14)19-25-10-11-26-19;/h3-6,16,19-20H,1-2,7-13H2;1H. The molecular weight excluding hydrogens is 402 g/mol. The summed E-state index contributed by atoms with van der Waals surface area (Å²) in [6.07, 6.45) is 1.95. The maximum absolute atomic E-state index is 12.9. The summed E-state index contributed by atoms with van der Waals surface area (Å²) in [6.45, 7) is 3.45. The lowest BCUT2D eigenvalue weighted by atomic mass is 10.0. The van der Waals surface area contributed by atoms with E-state index < -0.39 is 0 Å². The first-order valence-corrected chi connectivity index (χ1v) is 11.4. The SMILES string of the molecule is Cl.O=C(c1ccc(C2SCCS2)cc1)N1CCCC(N2CCNCC2=O)C1. The van der Waals surface area contributed by atoms with Crippen molar-refractivity contribution in [3.05, 3.63) is 35.4 Å². The number of carbonyl (C=O) groups excluding carboxylic acids is 2. The van der Waals surface area contributed by atoms with Crippen molar-refractivity contribution in [3.8, 4) is 0 Å². The van der Waals surface area contributed by atoms with Crippen molar-refractivity contribution in [3.63, 3.8) is 0 Å². The summed E-state index contributed by atoms with van der Waals surface area (Å²) in [5, 5.41) is 3.12. The Hall–Kier alpha value is -0.890. The van der Waals surface area contributed by atoms with Gasteiger partial charge in [-0.15, -0.1) is 35.9 Å². The van der Waals surface area contributed by atoms with E-state index >= 15 is 0 Å². The zero-order valence-electron chi connectivity index (χ0n) is 15.3. The van der Waals surface area contributed by atoms with Gasteiger partial charge in [-0.05, 0) is 30.5 Å². The molecule has 2 amide bonds. The number of piperidine rings is 1. The third-order valence-corrected chi connectivity index (χ3v) is 8.41. The Labute approximate surface area is 175 Å². The van der Waals surface area contributed by atoms with Gasteiger partial charge in [-0.3, -0.25) is 9.59 Å². The molecule has 1 N–H and O–H groups in total. The summed E-state index contributed by atoms with van der Waals surface area (Å²) in [5.74, 6) is 2.66. The lowest BCUT2D eigenvalue weighted by Gasteiger charge is -2.41. The zero-order chi connectivity index (χ0) is 17.9. The summed E-state index contributed by atoms with van der Waals surface area (Å²) >= 11 is 3.96. The molecule has 5 nitrogen and oxygen atoms in total. The van der Waals surface area contributed by atoms with E-state index in [0.717, 1.165) is 38.0 Å². The van der Waals surface area contributed by atoms with Gasteiger partial charge in [0.1, 0.15) is 0 Å². The predicted molar refractivity (Wildman–Crippen MR) is 115 cm³/mol. The van der Waals surface area contributed by atoms with Crippen LogP contribution in [0.5, 0.6) is 0 Å². The van der Waals surface area contributed by atoms with E-state index in [9.17, 15) is 9.59 Å². The van der Waals surface area contributed by atoms with E-state index in [1.165, 1.54) is 17.1 Å². The third kappa shape index (κ3) is 4.75. The molecule has 1 aromatic rings. The molecule has 4 rings (SSSR count). The van der Waals surface area contributed by atoms with Gasteiger partial charge in [0.25, 0.3) is 5.91 Å². The van der Waals surface area contributed by atoms with Crippen molar-refractivity contribution in [2.45, 2.75) is 23.5 Å². The van der Waals surface area contributed by atoms with Crippen molar-refractivity contribution in [1.82, 2.24) is 15.1 Å². The Balaban J connectivity index is 0.00000210. The highest BCUT2D eigenvalue weighted by Gasteiger charge is 2.32. The molecule has 0 aromatic heterocycles. The van der Waals surface area contributed by atoms with Crippen LogP contribution in [0.2, 0.25) is 0 Å². The molecule has 3 fully saturated rings. The van der Waals surface area contributed by atoms with Crippen LogP contribution in [-0.2, 0) is 4.79 Å². The van der Waals surface area contributed by atoms with E-state index in [2.05, 4.69) is 17.4 Å². The highest BCUT2D eigenvalue weighted by molar-refractivity contribution is 8.19. The number of piperazine rings is 1. The molecule has 3 aliphatic heterocycles. The van der Waals surface area contributed by atoms with Crippen molar-refractivity contribution < 1.29 is 9.59 Å². The molecule has 0 spiro atoms. The number of likely N-dealkylation sites (tertiary alicyclic amines) is 1. The topological polar surface area (TPSA) is 52.7 Å². The second-order valence-corrected chi connectivity index (χ2v) is 9.73. The van der Waals surface area contributed by atoms with Crippen LogP contribution in [0.4, 0.5) is 0 Å². The predicted octanol–water partition coefficient (Wildman–Crippen LogP) is 2.62. The van der Waals surface area contributed by atoms with E-state index in [4.69, 9.17) is 0 Å². The molecule has 3 saturated heterocycles. The Morgan fingerprint density at radius 3 is 2.56 bits per heavy atom. The number of nitrogens with zero attached hydrogens (tertiary/aromatic N) is 2. The van der Waals surface area contributed by atoms with Gasteiger partial charge in [0.15, 0.2) is 0 Å². The molecule has 1 atom stereocenters. The van der Waals surface area contributed by atoms with E-state index in [1.54, 1.807) is 0 Å². The van der Waals surface area contributed by atoms with Crippen molar-refractivity contribution in [2.24, 2.45) is 0 Å². The van der Waals surface area contributed by atoms with Gasteiger partial charge in [0, 0.05) is 49.3 Å². The molecule has 148 valence electrons. The Kier molecular flexibility index (Phi) is 7.36. The number of benzene rings is 1. The molecule has 3 aliphatic rings. The number of amides is 2. The zero-order valence-corrected chi connectivity index (χ0v) is 17.7. The van der Waals surface area contributed by atoms with Crippen LogP contribution in [0, 0.1) is 0 Å². The summed E-state index contributed by atoms with van der Waals surface area (Å²) in [4.78, 5) is 29.0. The van der Waals surface area contributed by atoms with Crippen molar-refractivity contribution >= 4 is 47.7 Å². The molecular formula is C19H26ClN3O2S2. The fourth-order valence-corrected chi connectivity index (χ4v) is 6.78. The Morgan fingerprint density at radius 1 is 1.11 bits per heavy atom. The van der Waals surface area contributed by atoms with Crippen LogP contribution in [0.15, 0.2) is 24.3 Å². The second-order valence-electron chi connectivity index (χ2n) is 7.01. The summed E-state index contributed by atoms with van der Waals surface area (Å²) in [6, 6.07) is 8.30. The maximum Gasteiger partial charge on any atom is 0.253 e. The summed E-state index contributed by atoms with van der Waals surface area (Å²) in [7, 11) is 0. The van der Waals surface area contributed by atoms with Crippen LogP contribution in [0.25, 0.3) is 0 Å². The first-order chi connectivity index (χ1) is 12.7. The summed E-state index contributed by atoms with van der Waals surface area (Å²) < 4.78 is 0.511. The number of rotatable bonds is 3. The van der Waals surface area contributed by atoms with Crippen molar-refractivity contribution in [2.75, 3.05) is 44.2 Å². The Bertz CT molecular complexity index is 667. The highest BCUT2D eigenvalue weighted by Crippen LogP contribution is 2.45. The van der Waals surface area contributed by atoms with Crippen LogP contribution in [0.3, 0.4) is 0 Å². The Morgan fingerprint density at radius 2 is 1.85 bits per heavy atom. The minimum atomic E-state index is 0. The lowest BCUT2D eigenvalue weighted by molar-refractivity contribution is -0.135. The van der Waals surface area contributed by atoms with Crippen molar-refractivity contribution in [1.29, 1.82) is 0 Å². The molecule has 3 heterocycles. The molecule has 0 saturated carbocycles. The lowest BCUT2D eigenvalue weighted by Crippen LogP contribution is -2.57. The minimum absolute atomic E-state index is 0. The van der Waals surface area contributed by atoms with Gasteiger partial charge in [-0.25, -0.2) is 0 Å². The van der Waals surface area contributed by atoms with Gasteiger partial charge in [0.05, 0.1) is 11.1 Å². The van der Waals surface area contributed by atoms with E-state index in [1.807, 2.05) is 45.5 Å². The first-order valence-electron chi connectivity index (χ1n) is 9.35. The molecule has 1 unspecified atom stereocenters. The smallest absolute Gasteiger partial charge is 0.253 e. The molecule has 0 radical (unpaired) electrons. The molecule has 0 bridgehead atoms. The van der Waals surface area contributed by atoms with Gasteiger partial charge >= 0.3 is 0 Å². The van der Waals surface area contributed by atoms with Crippen LogP contribution in [-0.4, -0.2) is 71.9 Å². The second kappa shape index (κ2) is 9.54. The van der Waals surface area contributed by atoms with E-state index in [-0.39, 0.29) is 30.3 Å². The summed E-state index contributed by atoms with van der Waals surface area (Å²) in [5.41, 5.74) is 2.06. The van der Waals surface area contributed by atoms with Gasteiger partial charge in [0.2, 0.25) is 5.91 Å². The number of halogens is 1. The van der Waals surface area contributed by atoms with Gasteiger partial charge in [-0.2, -0.15) is 0 Å². The number of thioether (sulfide) groups is 2. The number of hydrogen-bond acceptors (Lipinski definition) is 5. The van der Waals surface area contributed by atoms with Gasteiger partial charge in [-0.1, -0.05) is 12.1 Å². The molecule has 27 heavy (non-hydrogen) atoms. The fourth-order valence-electron chi connectivity index (χ4n) is 3.92. The first kappa shape index (κ1) is 20.8.